The zero-order chi connectivity index (χ0) is 12.7. The van der Waals surface area contributed by atoms with Crippen molar-refractivity contribution in [1.82, 2.24) is 24.5 Å². The molecule has 3 saturated heterocycles. The topological polar surface area (TPSA) is 58.0 Å². The number of anilines is 1. The van der Waals surface area contributed by atoms with Crippen LogP contribution >= 0.6 is 22.9 Å². The van der Waals surface area contributed by atoms with Crippen LogP contribution in [0.2, 0.25) is 0 Å². The highest BCUT2D eigenvalue weighted by atomic mass is 32.1. The van der Waals surface area contributed by atoms with E-state index in [1.165, 1.54) is 37.5 Å². The molecule has 0 aliphatic carbocycles. The van der Waals surface area contributed by atoms with Crippen molar-refractivity contribution in [1.29, 1.82) is 0 Å². The van der Waals surface area contributed by atoms with Crippen molar-refractivity contribution >= 4 is 28.0 Å². The minimum Gasteiger partial charge on any atom is -0.342 e. The van der Waals surface area contributed by atoms with Gasteiger partial charge in [-0.1, -0.05) is 11.3 Å². The summed E-state index contributed by atoms with van der Waals surface area (Å²) in [6.45, 7) is 4.66. The summed E-state index contributed by atoms with van der Waals surface area (Å²) in [4.78, 5) is 9.18. The highest BCUT2D eigenvalue weighted by Crippen LogP contribution is 2.33. The molecule has 0 atom stereocenters. The summed E-state index contributed by atoms with van der Waals surface area (Å²) in [5.74, 6) is 0. The largest absolute Gasteiger partial charge is 0.342 e. The lowest BCUT2D eigenvalue weighted by Crippen LogP contribution is -2.37. The average Bonchev–Trinajstić information content (AvgIpc) is 3.05. The summed E-state index contributed by atoms with van der Waals surface area (Å²) in [6.07, 6.45) is 4.06. The first kappa shape index (κ1) is 11.7. The molecule has 8 heteroatoms. The van der Waals surface area contributed by atoms with Crippen LogP contribution in [0.25, 0.3) is 10.0 Å². The van der Waals surface area contributed by atoms with Gasteiger partial charge >= 0.3 is 0 Å². The lowest BCUT2D eigenvalue weighted by Gasteiger charge is -2.30. The van der Waals surface area contributed by atoms with Crippen LogP contribution < -0.4 is 4.90 Å². The Labute approximate surface area is 119 Å². The number of nitrogens with zero attached hydrogens (tertiary/aromatic N) is 6. The van der Waals surface area contributed by atoms with Crippen molar-refractivity contribution in [3.05, 3.63) is 6.33 Å². The van der Waals surface area contributed by atoms with Gasteiger partial charge in [0.1, 0.15) is 6.33 Å². The number of fused-ring (bicyclic) bond motifs is 4. The molecule has 0 spiro atoms. The van der Waals surface area contributed by atoms with Crippen LogP contribution in [-0.4, -0.2) is 56.7 Å². The third-order valence-corrected chi connectivity index (χ3v) is 5.63. The zero-order valence-corrected chi connectivity index (χ0v) is 12.0. The van der Waals surface area contributed by atoms with E-state index in [4.69, 9.17) is 0 Å². The third-order valence-electron chi connectivity index (χ3n) is 3.86. The Morgan fingerprint density at radius 2 is 1.95 bits per heavy atom. The molecule has 100 valence electrons. The van der Waals surface area contributed by atoms with E-state index < -0.39 is 0 Å². The first-order valence-electron chi connectivity index (χ1n) is 6.50. The molecule has 19 heavy (non-hydrogen) atoms. The van der Waals surface area contributed by atoms with Gasteiger partial charge in [0.2, 0.25) is 5.13 Å². The Balaban J connectivity index is 1.62. The van der Waals surface area contributed by atoms with E-state index in [1.54, 1.807) is 17.7 Å². The third kappa shape index (κ3) is 2.13. The van der Waals surface area contributed by atoms with Crippen molar-refractivity contribution in [2.24, 2.45) is 0 Å². The number of rotatable bonds is 2. The minimum atomic E-state index is 0.633. The van der Waals surface area contributed by atoms with E-state index in [-0.39, 0.29) is 0 Å². The maximum Gasteiger partial charge on any atom is 0.208 e. The molecule has 3 aliphatic rings. The van der Waals surface area contributed by atoms with Gasteiger partial charge in [-0.15, -0.1) is 10.2 Å². The number of hydrogen-bond acceptors (Lipinski definition) is 8. The van der Waals surface area contributed by atoms with Crippen LogP contribution in [0.1, 0.15) is 12.8 Å². The summed E-state index contributed by atoms with van der Waals surface area (Å²) in [7, 11) is 0. The van der Waals surface area contributed by atoms with E-state index in [0.717, 1.165) is 28.2 Å². The summed E-state index contributed by atoms with van der Waals surface area (Å²) in [6, 6.07) is 0.633. The van der Waals surface area contributed by atoms with Gasteiger partial charge < -0.3 is 9.80 Å². The Morgan fingerprint density at radius 1 is 1.05 bits per heavy atom. The Bertz CT molecular complexity index is 545. The van der Waals surface area contributed by atoms with Gasteiger partial charge in [-0.05, 0) is 24.4 Å². The van der Waals surface area contributed by atoms with E-state index in [2.05, 4.69) is 29.4 Å². The fourth-order valence-corrected chi connectivity index (χ4v) is 4.30. The van der Waals surface area contributed by atoms with E-state index >= 15 is 0 Å². The van der Waals surface area contributed by atoms with Gasteiger partial charge in [0.15, 0.2) is 10.0 Å². The average molecular weight is 294 g/mol. The van der Waals surface area contributed by atoms with Crippen LogP contribution in [0.4, 0.5) is 5.13 Å². The lowest BCUT2D eigenvalue weighted by molar-refractivity contribution is 0.250. The first-order valence-corrected chi connectivity index (χ1v) is 8.09. The monoisotopic (exact) mass is 294 g/mol. The van der Waals surface area contributed by atoms with Crippen LogP contribution in [0.15, 0.2) is 6.33 Å². The molecule has 0 N–H and O–H groups in total. The molecule has 6 nitrogen and oxygen atoms in total. The molecule has 0 saturated carbocycles. The van der Waals surface area contributed by atoms with Crippen molar-refractivity contribution in [2.75, 3.05) is 31.1 Å². The van der Waals surface area contributed by atoms with Gasteiger partial charge in [0, 0.05) is 32.2 Å². The molecule has 2 aromatic rings. The van der Waals surface area contributed by atoms with Gasteiger partial charge in [-0.25, -0.2) is 4.98 Å². The first-order chi connectivity index (χ1) is 9.40. The highest BCUT2D eigenvalue weighted by Gasteiger charge is 2.31. The van der Waals surface area contributed by atoms with Crippen molar-refractivity contribution in [3.8, 4) is 10.0 Å². The SMILES string of the molecule is c1nsc(-c2nnc(N3CCN4CCC3CC4)s2)n1. The fourth-order valence-electron chi connectivity index (χ4n) is 2.82. The Kier molecular flexibility index (Phi) is 2.93. The maximum absolute atomic E-state index is 4.37. The minimum absolute atomic E-state index is 0.633. The molecule has 5 heterocycles. The van der Waals surface area contributed by atoms with Crippen LogP contribution in [0.3, 0.4) is 0 Å². The molecular weight excluding hydrogens is 280 g/mol. The smallest absolute Gasteiger partial charge is 0.208 e. The zero-order valence-electron chi connectivity index (χ0n) is 10.4. The number of aromatic nitrogens is 4. The van der Waals surface area contributed by atoms with Gasteiger partial charge in [0.05, 0.1) is 0 Å². The Morgan fingerprint density at radius 3 is 2.74 bits per heavy atom. The molecule has 3 fully saturated rings. The summed E-state index contributed by atoms with van der Waals surface area (Å²) < 4.78 is 4.02. The normalized spacial score (nSPS) is 26.6. The molecule has 5 rings (SSSR count). The summed E-state index contributed by atoms with van der Waals surface area (Å²) >= 11 is 3.01. The maximum atomic E-state index is 4.37. The van der Waals surface area contributed by atoms with Crippen molar-refractivity contribution in [3.63, 3.8) is 0 Å². The second-order valence-corrected chi connectivity index (χ2v) is 6.64. The van der Waals surface area contributed by atoms with Gasteiger partial charge in [0.25, 0.3) is 0 Å². The summed E-state index contributed by atoms with van der Waals surface area (Å²) in [5, 5.41) is 11.4. The Hall–Kier alpha value is -1.12. The van der Waals surface area contributed by atoms with Gasteiger partial charge in [-0.3, -0.25) is 0 Å². The van der Waals surface area contributed by atoms with E-state index in [9.17, 15) is 0 Å². The van der Waals surface area contributed by atoms with Crippen LogP contribution in [0, 0.1) is 0 Å². The quantitative estimate of drug-likeness (QED) is 0.833. The van der Waals surface area contributed by atoms with Crippen molar-refractivity contribution in [2.45, 2.75) is 18.9 Å². The molecule has 0 aromatic carbocycles. The number of hydrogen-bond donors (Lipinski definition) is 0. The van der Waals surface area contributed by atoms with E-state index in [0.29, 0.717) is 6.04 Å². The second-order valence-electron chi connectivity index (χ2n) is 4.90. The van der Waals surface area contributed by atoms with Gasteiger partial charge in [-0.2, -0.15) is 4.37 Å². The van der Waals surface area contributed by atoms with Crippen LogP contribution in [-0.2, 0) is 0 Å². The van der Waals surface area contributed by atoms with E-state index in [1.807, 2.05) is 0 Å². The lowest BCUT2D eigenvalue weighted by atomic mass is 10.1. The molecule has 2 bridgehead atoms. The fraction of sp³-hybridized carbons (Fsp3) is 0.636. The summed E-state index contributed by atoms with van der Waals surface area (Å²) in [5.41, 5.74) is 0. The molecule has 3 aliphatic heterocycles. The molecular formula is C11H14N6S2. The molecule has 0 radical (unpaired) electrons. The van der Waals surface area contributed by atoms with Crippen LogP contribution in [0.5, 0.6) is 0 Å². The molecule has 0 amide bonds. The standard InChI is InChI=1S/C11H14N6S2/c1-3-16-4-2-8(1)17(6-5-16)11-15-14-10(18-11)9-12-7-13-19-9/h7-8H,1-6H2. The molecule has 0 unspecified atom stereocenters. The molecule has 2 aromatic heterocycles. The second kappa shape index (κ2) is 4.77. The highest BCUT2D eigenvalue weighted by molar-refractivity contribution is 7.21. The predicted molar refractivity (Wildman–Crippen MR) is 75.6 cm³/mol. The predicted octanol–water partition coefficient (Wildman–Crippen LogP) is 1.34. The van der Waals surface area contributed by atoms with Crippen molar-refractivity contribution < 1.29 is 0 Å². The number of piperidine rings is 1.